The summed E-state index contributed by atoms with van der Waals surface area (Å²) < 4.78 is 5.98. The minimum atomic E-state index is -0.209. The van der Waals surface area contributed by atoms with Crippen molar-refractivity contribution in [2.45, 2.75) is 57.4 Å². The van der Waals surface area contributed by atoms with Crippen LogP contribution in [0.2, 0.25) is 0 Å². The summed E-state index contributed by atoms with van der Waals surface area (Å²) >= 11 is 0. The normalized spacial score (nSPS) is 25.7. The van der Waals surface area contributed by atoms with Crippen molar-refractivity contribution in [3.05, 3.63) is 35.9 Å². The zero-order valence-corrected chi connectivity index (χ0v) is 14.9. The first-order valence-electron chi connectivity index (χ1n) is 9.51. The molecular formula is C20H32N2O2. The zero-order chi connectivity index (χ0) is 16.8. The van der Waals surface area contributed by atoms with E-state index >= 15 is 0 Å². The van der Waals surface area contributed by atoms with Crippen molar-refractivity contribution < 1.29 is 9.84 Å². The molecule has 1 saturated carbocycles. The fourth-order valence-electron chi connectivity index (χ4n) is 3.97. The molecule has 3 rings (SSSR count). The van der Waals surface area contributed by atoms with E-state index in [1.807, 2.05) is 0 Å². The van der Waals surface area contributed by atoms with Crippen LogP contribution in [0.15, 0.2) is 30.3 Å². The number of morpholine rings is 1. The Morgan fingerprint density at radius 3 is 2.75 bits per heavy atom. The highest BCUT2D eigenvalue weighted by Gasteiger charge is 2.27. The molecule has 0 bridgehead atoms. The van der Waals surface area contributed by atoms with E-state index in [0.717, 1.165) is 26.2 Å². The molecule has 0 amide bonds. The van der Waals surface area contributed by atoms with Gasteiger partial charge < -0.3 is 15.2 Å². The predicted molar refractivity (Wildman–Crippen MR) is 96.9 cm³/mol. The Morgan fingerprint density at radius 1 is 1.25 bits per heavy atom. The minimum absolute atomic E-state index is 0.193. The van der Waals surface area contributed by atoms with Gasteiger partial charge in [-0.1, -0.05) is 43.2 Å². The second-order valence-corrected chi connectivity index (χ2v) is 7.44. The fourth-order valence-corrected chi connectivity index (χ4v) is 3.97. The highest BCUT2D eigenvalue weighted by molar-refractivity contribution is 5.14. The van der Waals surface area contributed by atoms with Gasteiger partial charge in [0.15, 0.2) is 0 Å². The van der Waals surface area contributed by atoms with E-state index in [0.29, 0.717) is 12.5 Å². The summed E-state index contributed by atoms with van der Waals surface area (Å²) in [5.41, 5.74) is 1.36. The molecule has 1 saturated heterocycles. The summed E-state index contributed by atoms with van der Waals surface area (Å²) in [5, 5.41) is 13.8. The third-order valence-electron chi connectivity index (χ3n) is 5.58. The molecule has 2 N–H and O–H groups in total. The van der Waals surface area contributed by atoms with Crippen LogP contribution in [-0.2, 0) is 11.3 Å². The van der Waals surface area contributed by atoms with E-state index in [4.69, 9.17) is 4.74 Å². The molecule has 1 aliphatic heterocycles. The number of aliphatic hydroxyl groups excluding tert-OH is 1. The summed E-state index contributed by atoms with van der Waals surface area (Å²) in [5.74, 6) is 0.492. The monoisotopic (exact) mass is 332 g/mol. The van der Waals surface area contributed by atoms with Crippen LogP contribution in [-0.4, -0.2) is 54.5 Å². The Labute approximate surface area is 146 Å². The summed E-state index contributed by atoms with van der Waals surface area (Å²) in [4.78, 5) is 2.47. The number of rotatable bonds is 7. The molecular weight excluding hydrogens is 300 g/mol. The first-order chi connectivity index (χ1) is 11.7. The van der Waals surface area contributed by atoms with Gasteiger partial charge in [-0.15, -0.1) is 0 Å². The summed E-state index contributed by atoms with van der Waals surface area (Å²) in [7, 11) is 0. The number of nitrogens with one attached hydrogen (secondary N) is 1. The van der Waals surface area contributed by atoms with Crippen molar-refractivity contribution in [3.8, 4) is 0 Å². The first-order valence-corrected chi connectivity index (χ1v) is 9.51. The molecule has 0 radical (unpaired) electrons. The molecule has 2 aliphatic rings. The van der Waals surface area contributed by atoms with Gasteiger partial charge in [-0.3, -0.25) is 4.90 Å². The van der Waals surface area contributed by atoms with Gasteiger partial charge in [0.2, 0.25) is 0 Å². The van der Waals surface area contributed by atoms with Crippen LogP contribution in [0.1, 0.15) is 38.2 Å². The van der Waals surface area contributed by atoms with Crippen LogP contribution in [0.4, 0.5) is 0 Å². The predicted octanol–water partition coefficient (Wildman–Crippen LogP) is 2.42. The van der Waals surface area contributed by atoms with Gasteiger partial charge in [-0.25, -0.2) is 0 Å². The zero-order valence-electron chi connectivity index (χ0n) is 14.9. The Balaban J connectivity index is 1.43. The summed E-state index contributed by atoms with van der Waals surface area (Å²) in [6.45, 7) is 6.57. The van der Waals surface area contributed by atoms with E-state index in [1.165, 1.54) is 31.2 Å². The maximum absolute atomic E-state index is 10.3. The lowest BCUT2D eigenvalue weighted by Crippen LogP contribution is -2.52. The standard InChI is InChI=1S/C20H32N2O2/c1-16(21-13-19(23)18-9-5-6-10-18)20-15-22(11-12-24-20)14-17-7-3-2-4-8-17/h2-4,7-8,16,18-21,23H,5-6,9-15H2,1H3. The van der Waals surface area contributed by atoms with E-state index in [-0.39, 0.29) is 18.2 Å². The maximum Gasteiger partial charge on any atom is 0.0852 e. The van der Waals surface area contributed by atoms with E-state index in [2.05, 4.69) is 47.5 Å². The van der Waals surface area contributed by atoms with Crippen LogP contribution in [0.3, 0.4) is 0 Å². The van der Waals surface area contributed by atoms with Crippen LogP contribution in [0.25, 0.3) is 0 Å². The van der Waals surface area contributed by atoms with Crippen LogP contribution in [0, 0.1) is 5.92 Å². The SMILES string of the molecule is CC(NCC(O)C1CCCC1)C1CN(Cc2ccccc2)CCO1. The molecule has 1 aromatic carbocycles. The van der Waals surface area contributed by atoms with Crippen LogP contribution < -0.4 is 5.32 Å². The van der Waals surface area contributed by atoms with Gasteiger partial charge in [0, 0.05) is 32.2 Å². The molecule has 1 aromatic rings. The number of hydrogen-bond acceptors (Lipinski definition) is 4. The third-order valence-corrected chi connectivity index (χ3v) is 5.58. The van der Waals surface area contributed by atoms with E-state index in [1.54, 1.807) is 0 Å². The summed E-state index contributed by atoms with van der Waals surface area (Å²) in [6.07, 6.45) is 4.90. The Kier molecular flexibility index (Phi) is 6.67. The van der Waals surface area contributed by atoms with Crippen LogP contribution in [0.5, 0.6) is 0 Å². The lowest BCUT2D eigenvalue weighted by Gasteiger charge is -2.36. The number of aliphatic hydroxyl groups is 1. The lowest BCUT2D eigenvalue weighted by atomic mass is 10.0. The summed E-state index contributed by atoms with van der Waals surface area (Å²) in [6, 6.07) is 10.9. The van der Waals surface area contributed by atoms with Gasteiger partial charge >= 0.3 is 0 Å². The molecule has 3 atom stereocenters. The molecule has 1 aliphatic carbocycles. The molecule has 2 fully saturated rings. The molecule has 1 heterocycles. The average molecular weight is 332 g/mol. The second-order valence-electron chi connectivity index (χ2n) is 7.44. The molecule has 24 heavy (non-hydrogen) atoms. The van der Waals surface area contributed by atoms with Crippen molar-refractivity contribution in [2.75, 3.05) is 26.2 Å². The Hall–Kier alpha value is -0.940. The minimum Gasteiger partial charge on any atom is -0.392 e. The van der Waals surface area contributed by atoms with E-state index < -0.39 is 0 Å². The fraction of sp³-hybridized carbons (Fsp3) is 0.700. The lowest BCUT2D eigenvalue weighted by molar-refractivity contribution is -0.0480. The highest BCUT2D eigenvalue weighted by Crippen LogP contribution is 2.27. The Morgan fingerprint density at radius 2 is 2.00 bits per heavy atom. The van der Waals surface area contributed by atoms with Crippen LogP contribution >= 0.6 is 0 Å². The molecule has 134 valence electrons. The molecule has 0 spiro atoms. The molecule has 3 unspecified atom stereocenters. The first kappa shape index (κ1) is 17.9. The topological polar surface area (TPSA) is 44.7 Å². The second kappa shape index (κ2) is 8.95. The highest BCUT2D eigenvalue weighted by atomic mass is 16.5. The third kappa shape index (κ3) is 5.03. The number of ether oxygens (including phenoxy) is 1. The van der Waals surface area contributed by atoms with Gasteiger partial charge in [-0.05, 0) is 31.2 Å². The largest absolute Gasteiger partial charge is 0.392 e. The molecule has 0 aromatic heterocycles. The van der Waals surface area contributed by atoms with Crippen molar-refractivity contribution in [1.29, 1.82) is 0 Å². The van der Waals surface area contributed by atoms with Crippen molar-refractivity contribution in [2.24, 2.45) is 5.92 Å². The molecule has 4 heteroatoms. The maximum atomic E-state index is 10.3. The number of benzene rings is 1. The number of nitrogens with zero attached hydrogens (tertiary/aromatic N) is 1. The number of hydrogen-bond donors (Lipinski definition) is 2. The van der Waals surface area contributed by atoms with E-state index in [9.17, 15) is 5.11 Å². The van der Waals surface area contributed by atoms with Crippen molar-refractivity contribution in [3.63, 3.8) is 0 Å². The van der Waals surface area contributed by atoms with Gasteiger partial charge in [0.1, 0.15) is 0 Å². The van der Waals surface area contributed by atoms with Gasteiger partial charge in [0.25, 0.3) is 0 Å². The van der Waals surface area contributed by atoms with Gasteiger partial charge in [-0.2, -0.15) is 0 Å². The average Bonchev–Trinajstić information content (AvgIpc) is 3.15. The van der Waals surface area contributed by atoms with Crippen molar-refractivity contribution >= 4 is 0 Å². The van der Waals surface area contributed by atoms with Crippen molar-refractivity contribution in [1.82, 2.24) is 10.2 Å². The smallest absolute Gasteiger partial charge is 0.0852 e. The molecule has 4 nitrogen and oxygen atoms in total. The van der Waals surface area contributed by atoms with Gasteiger partial charge in [0.05, 0.1) is 18.8 Å². The quantitative estimate of drug-likeness (QED) is 0.805. The Bertz CT molecular complexity index is 476.